The standard InChI is InChI=1S/C18H23NO2/c1-13(15-8-6-5-7-9-15)19-14(2)16-10-11-17(20-3)18(12-16)21-4/h5-14,19H,1-4H3/t13-,14?/m1/s1. The van der Waals surface area contributed by atoms with Crippen molar-refractivity contribution >= 4 is 0 Å². The van der Waals surface area contributed by atoms with Crippen LogP contribution in [0.3, 0.4) is 0 Å². The molecule has 0 saturated heterocycles. The summed E-state index contributed by atoms with van der Waals surface area (Å²) in [6.45, 7) is 4.33. The smallest absolute Gasteiger partial charge is 0.161 e. The van der Waals surface area contributed by atoms with Crippen molar-refractivity contribution in [2.75, 3.05) is 14.2 Å². The molecule has 2 aromatic carbocycles. The van der Waals surface area contributed by atoms with Crippen LogP contribution in [0.2, 0.25) is 0 Å². The summed E-state index contributed by atoms with van der Waals surface area (Å²) in [7, 11) is 3.31. The Morgan fingerprint density at radius 2 is 1.38 bits per heavy atom. The van der Waals surface area contributed by atoms with Gasteiger partial charge < -0.3 is 14.8 Å². The number of rotatable bonds is 6. The molecule has 0 aliphatic carbocycles. The van der Waals surface area contributed by atoms with Crippen LogP contribution >= 0.6 is 0 Å². The fourth-order valence-corrected chi connectivity index (χ4v) is 2.43. The molecule has 2 atom stereocenters. The zero-order chi connectivity index (χ0) is 15.2. The summed E-state index contributed by atoms with van der Waals surface area (Å²) in [5.74, 6) is 1.51. The van der Waals surface area contributed by atoms with Crippen LogP contribution in [-0.2, 0) is 0 Å². The average molecular weight is 285 g/mol. The summed E-state index contributed by atoms with van der Waals surface area (Å²) in [4.78, 5) is 0. The first kappa shape index (κ1) is 15.4. The van der Waals surface area contributed by atoms with Gasteiger partial charge in [0.1, 0.15) is 0 Å². The van der Waals surface area contributed by atoms with Crippen LogP contribution in [0.5, 0.6) is 11.5 Å². The van der Waals surface area contributed by atoms with Crippen LogP contribution in [0.1, 0.15) is 37.1 Å². The van der Waals surface area contributed by atoms with Gasteiger partial charge >= 0.3 is 0 Å². The normalized spacial score (nSPS) is 13.5. The van der Waals surface area contributed by atoms with Crippen molar-refractivity contribution in [2.45, 2.75) is 25.9 Å². The second-order valence-electron chi connectivity index (χ2n) is 5.14. The van der Waals surface area contributed by atoms with Gasteiger partial charge in [0.15, 0.2) is 11.5 Å². The van der Waals surface area contributed by atoms with Crippen LogP contribution in [0.4, 0.5) is 0 Å². The van der Waals surface area contributed by atoms with Gasteiger partial charge in [-0.15, -0.1) is 0 Å². The van der Waals surface area contributed by atoms with Crippen molar-refractivity contribution in [3.8, 4) is 11.5 Å². The lowest BCUT2D eigenvalue weighted by molar-refractivity contribution is 0.353. The molecule has 0 fully saturated rings. The van der Waals surface area contributed by atoms with Gasteiger partial charge in [-0.05, 0) is 37.1 Å². The fraction of sp³-hybridized carbons (Fsp3) is 0.333. The molecule has 0 aliphatic heterocycles. The van der Waals surface area contributed by atoms with Crippen LogP contribution in [0.15, 0.2) is 48.5 Å². The van der Waals surface area contributed by atoms with E-state index in [0.717, 1.165) is 11.5 Å². The fourth-order valence-electron chi connectivity index (χ4n) is 2.43. The first-order valence-electron chi connectivity index (χ1n) is 7.18. The van der Waals surface area contributed by atoms with Gasteiger partial charge in [-0.2, -0.15) is 0 Å². The molecule has 3 nitrogen and oxygen atoms in total. The number of methoxy groups -OCH3 is 2. The molecule has 112 valence electrons. The molecule has 0 radical (unpaired) electrons. The highest BCUT2D eigenvalue weighted by atomic mass is 16.5. The molecule has 0 heterocycles. The average Bonchev–Trinajstić information content (AvgIpc) is 2.54. The van der Waals surface area contributed by atoms with Crippen LogP contribution in [-0.4, -0.2) is 14.2 Å². The maximum Gasteiger partial charge on any atom is 0.161 e. The minimum Gasteiger partial charge on any atom is -0.493 e. The van der Waals surface area contributed by atoms with E-state index < -0.39 is 0 Å². The third-order valence-electron chi connectivity index (χ3n) is 3.71. The Hall–Kier alpha value is -2.00. The van der Waals surface area contributed by atoms with Crippen molar-refractivity contribution in [1.29, 1.82) is 0 Å². The topological polar surface area (TPSA) is 30.5 Å². The quantitative estimate of drug-likeness (QED) is 0.866. The molecule has 1 unspecified atom stereocenters. The van der Waals surface area contributed by atoms with E-state index in [4.69, 9.17) is 9.47 Å². The number of ether oxygens (including phenoxy) is 2. The van der Waals surface area contributed by atoms with Gasteiger partial charge in [0.05, 0.1) is 14.2 Å². The zero-order valence-corrected chi connectivity index (χ0v) is 13.1. The SMILES string of the molecule is COc1ccc(C(C)N[C@H](C)c2ccccc2)cc1OC. The Balaban J connectivity index is 2.11. The molecule has 0 aliphatic rings. The van der Waals surface area contributed by atoms with Crippen molar-refractivity contribution in [3.63, 3.8) is 0 Å². The van der Waals surface area contributed by atoms with Crippen molar-refractivity contribution in [2.24, 2.45) is 0 Å². The second kappa shape index (κ2) is 7.14. The first-order valence-corrected chi connectivity index (χ1v) is 7.18. The number of hydrogen-bond acceptors (Lipinski definition) is 3. The molecule has 1 N–H and O–H groups in total. The summed E-state index contributed by atoms with van der Waals surface area (Å²) in [5, 5.41) is 3.60. The third kappa shape index (κ3) is 3.76. The van der Waals surface area contributed by atoms with Gasteiger partial charge in [0.25, 0.3) is 0 Å². The Morgan fingerprint density at radius 3 is 2.00 bits per heavy atom. The minimum absolute atomic E-state index is 0.222. The molecular weight excluding hydrogens is 262 g/mol. The largest absolute Gasteiger partial charge is 0.493 e. The summed E-state index contributed by atoms with van der Waals surface area (Å²) in [6.07, 6.45) is 0. The maximum absolute atomic E-state index is 5.36. The summed E-state index contributed by atoms with van der Waals surface area (Å²) in [6, 6.07) is 17.0. The molecule has 0 bridgehead atoms. The second-order valence-corrected chi connectivity index (χ2v) is 5.14. The van der Waals surface area contributed by atoms with Gasteiger partial charge in [0.2, 0.25) is 0 Å². The highest BCUT2D eigenvalue weighted by molar-refractivity contribution is 5.43. The molecule has 3 heteroatoms. The summed E-state index contributed by atoms with van der Waals surface area (Å²) < 4.78 is 10.6. The molecule has 0 spiro atoms. The van der Waals surface area contributed by atoms with E-state index in [-0.39, 0.29) is 12.1 Å². The number of nitrogens with one attached hydrogen (secondary N) is 1. The van der Waals surface area contributed by atoms with Crippen LogP contribution < -0.4 is 14.8 Å². The van der Waals surface area contributed by atoms with E-state index in [1.807, 2.05) is 18.2 Å². The molecule has 0 aromatic heterocycles. The van der Waals surface area contributed by atoms with Crippen LogP contribution in [0.25, 0.3) is 0 Å². The predicted octanol–water partition coefficient (Wildman–Crippen LogP) is 4.12. The van der Waals surface area contributed by atoms with Gasteiger partial charge in [0, 0.05) is 12.1 Å². The molecule has 0 amide bonds. The molecule has 21 heavy (non-hydrogen) atoms. The van der Waals surface area contributed by atoms with E-state index in [2.05, 4.69) is 49.5 Å². The predicted molar refractivity (Wildman–Crippen MR) is 86.0 cm³/mol. The lowest BCUT2D eigenvalue weighted by Gasteiger charge is -2.21. The highest BCUT2D eigenvalue weighted by Crippen LogP contribution is 2.30. The Kier molecular flexibility index (Phi) is 5.23. The van der Waals surface area contributed by atoms with Gasteiger partial charge in [-0.25, -0.2) is 0 Å². The van der Waals surface area contributed by atoms with E-state index >= 15 is 0 Å². The summed E-state index contributed by atoms with van der Waals surface area (Å²) in [5.41, 5.74) is 2.46. The Labute approximate surface area is 126 Å². The highest BCUT2D eigenvalue weighted by Gasteiger charge is 2.13. The van der Waals surface area contributed by atoms with Crippen LogP contribution in [0, 0.1) is 0 Å². The minimum atomic E-state index is 0.222. The lowest BCUT2D eigenvalue weighted by atomic mass is 10.0. The van der Waals surface area contributed by atoms with Crippen molar-refractivity contribution in [1.82, 2.24) is 5.32 Å². The summed E-state index contributed by atoms with van der Waals surface area (Å²) >= 11 is 0. The van der Waals surface area contributed by atoms with E-state index in [1.165, 1.54) is 11.1 Å². The van der Waals surface area contributed by atoms with Crippen molar-refractivity contribution in [3.05, 3.63) is 59.7 Å². The molecule has 2 rings (SSSR count). The number of benzene rings is 2. The van der Waals surface area contributed by atoms with E-state index in [9.17, 15) is 0 Å². The molecule has 2 aromatic rings. The van der Waals surface area contributed by atoms with E-state index in [1.54, 1.807) is 14.2 Å². The molecule has 0 saturated carbocycles. The maximum atomic E-state index is 5.36. The van der Waals surface area contributed by atoms with Gasteiger partial charge in [-0.1, -0.05) is 36.4 Å². The zero-order valence-electron chi connectivity index (χ0n) is 13.1. The Bertz CT molecular complexity index is 569. The van der Waals surface area contributed by atoms with Crippen molar-refractivity contribution < 1.29 is 9.47 Å². The molecular formula is C18H23NO2. The van der Waals surface area contributed by atoms with E-state index in [0.29, 0.717) is 0 Å². The number of hydrogen-bond donors (Lipinski definition) is 1. The first-order chi connectivity index (χ1) is 10.2. The Morgan fingerprint density at radius 1 is 0.762 bits per heavy atom. The van der Waals surface area contributed by atoms with Gasteiger partial charge in [-0.3, -0.25) is 0 Å². The third-order valence-corrected chi connectivity index (χ3v) is 3.71. The lowest BCUT2D eigenvalue weighted by Crippen LogP contribution is -2.22. The monoisotopic (exact) mass is 285 g/mol.